The third-order valence-electron chi connectivity index (χ3n) is 5.70. The van der Waals surface area contributed by atoms with Crippen LogP contribution in [0.2, 0.25) is 0 Å². The van der Waals surface area contributed by atoms with Crippen LogP contribution < -0.4 is 0 Å². The topological polar surface area (TPSA) is 0 Å². The van der Waals surface area contributed by atoms with Crippen molar-refractivity contribution >= 4 is 10.8 Å². The van der Waals surface area contributed by atoms with E-state index in [2.05, 4.69) is 31.7 Å². The largest absolute Gasteiger partial charge is 0.206 e. The van der Waals surface area contributed by atoms with Gasteiger partial charge in [-0.15, -0.1) is 6.58 Å². The second-order valence-electron chi connectivity index (χ2n) is 7.99. The maximum atomic E-state index is 15.0. The van der Waals surface area contributed by atoms with Gasteiger partial charge < -0.3 is 0 Å². The highest BCUT2D eigenvalue weighted by Crippen LogP contribution is 2.32. The highest BCUT2D eigenvalue weighted by molar-refractivity contribution is 5.88. The molecule has 0 heterocycles. The maximum Gasteiger partial charge on any atom is 0.134 e. The molecule has 4 aromatic rings. The summed E-state index contributed by atoms with van der Waals surface area (Å²) >= 11 is 0. The van der Waals surface area contributed by atoms with Crippen molar-refractivity contribution in [3.63, 3.8) is 0 Å². The van der Waals surface area contributed by atoms with E-state index in [1.807, 2.05) is 36.4 Å². The van der Waals surface area contributed by atoms with E-state index in [1.165, 1.54) is 17.7 Å². The molecule has 0 saturated carbocycles. The van der Waals surface area contributed by atoms with Gasteiger partial charge in [0.2, 0.25) is 0 Å². The molecular formula is C29H26F2. The number of halogens is 2. The first kappa shape index (κ1) is 21.0. The smallest absolute Gasteiger partial charge is 0.134 e. The van der Waals surface area contributed by atoms with Crippen molar-refractivity contribution in [1.82, 2.24) is 0 Å². The first-order valence-corrected chi connectivity index (χ1v) is 10.8. The predicted molar refractivity (Wildman–Crippen MR) is 127 cm³/mol. The molecule has 4 aromatic carbocycles. The molecule has 0 aliphatic carbocycles. The van der Waals surface area contributed by atoms with E-state index in [0.29, 0.717) is 11.1 Å². The minimum absolute atomic E-state index is 0.0176. The van der Waals surface area contributed by atoms with Crippen LogP contribution in [0.5, 0.6) is 0 Å². The Kier molecular flexibility index (Phi) is 6.27. The monoisotopic (exact) mass is 412 g/mol. The molecule has 0 radical (unpaired) electrons. The van der Waals surface area contributed by atoms with E-state index in [9.17, 15) is 8.78 Å². The van der Waals surface area contributed by atoms with Crippen molar-refractivity contribution in [2.75, 3.05) is 0 Å². The zero-order valence-corrected chi connectivity index (χ0v) is 17.8. The van der Waals surface area contributed by atoms with Crippen LogP contribution in [0.25, 0.3) is 33.0 Å². The normalized spacial score (nSPS) is 11.1. The lowest BCUT2D eigenvalue weighted by molar-refractivity contribution is 0.590. The maximum absolute atomic E-state index is 15.0. The fourth-order valence-electron chi connectivity index (χ4n) is 4.04. The van der Waals surface area contributed by atoms with Crippen LogP contribution in [0.15, 0.2) is 85.5 Å². The number of hydrogen-bond donors (Lipinski definition) is 0. The highest BCUT2D eigenvalue weighted by atomic mass is 19.1. The van der Waals surface area contributed by atoms with Gasteiger partial charge in [-0.05, 0) is 76.1 Å². The molecule has 0 aromatic heterocycles. The molecule has 0 aliphatic heterocycles. The Morgan fingerprint density at radius 3 is 1.97 bits per heavy atom. The first-order chi connectivity index (χ1) is 15.1. The minimum atomic E-state index is -0.549. The van der Waals surface area contributed by atoms with Gasteiger partial charge >= 0.3 is 0 Å². The number of allylic oxidation sites excluding steroid dienone is 1. The van der Waals surface area contributed by atoms with E-state index in [0.717, 1.165) is 47.6 Å². The van der Waals surface area contributed by atoms with Gasteiger partial charge in [-0.25, -0.2) is 8.78 Å². The van der Waals surface area contributed by atoms with Crippen molar-refractivity contribution in [2.24, 2.45) is 0 Å². The van der Waals surface area contributed by atoms with Gasteiger partial charge in [0.25, 0.3) is 0 Å². The molecule has 0 fully saturated rings. The van der Waals surface area contributed by atoms with Crippen LogP contribution in [0.3, 0.4) is 0 Å². The minimum Gasteiger partial charge on any atom is -0.206 e. The van der Waals surface area contributed by atoms with Gasteiger partial charge in [0, 0.05) is 0 Å². The van der Waals surface area contributed by atoms with E-state index < -0.39 is 11.6 Å². The average molecular weight is 413 g/mol. The van der Waals surface area contributed by atoms with E-state index in [4.69, 9.17) is 0 Å². The van der Waals surface area contributed by atoms with Gasteiger partial charge in [0.1, 0.15) is 11.6 Å². The fourth-order valence-corrected chi connectivity index (χ4v) is 4.04. The van der Waals surface area contributed by atoms with Crippen molar-refractivity contribution in [2.45, 2.75) is 32.6 Å². The summed E-state index contributed by atoms with van der Waals surface area (Å²) in [6.45, 7) is 5.89. The fraction of sp³-hybridized carbons (Fsp3) is 0.172. The lowest BCUT2D eigenvalue weighted by atomic mass is 9.96. The van der Waals surface area contributed by atoms with Crippen molar-refractivity contribution in [3.8, 4) is 22.3 Å². The zero-order chi connectivity index (χ0) is 21.8. The van der Waals surface area contributed by atoms with Crippen LogP contribution in [0.1, 0.15) is 30.9 Å². The second-order valence-corrected chi connectivity index (χ2v) is 7.99. The van der Waals surface area contributed by atoms with Crippen molar-refractivity contribution < 1.29 is 8.78 Å². The zero-order valence-electron chi connectivity index (χ0n) is 17.8. The standard InChI is InChI=1S/C29H26F2/c1-3-5-7-20-8-11-22(12-9-20)29-27(30)18-26(19-28(29)31)25-15-14-23-16-21(6-4-2)10-13-24(23)17-25/h3,8-19H,1,4-7H2,2H3. The SMILES string of the molecule is C=CCCc1ccc(-c2c(F)cc(-c3ccc4cc(CCC)ccc4c3)cc2F)cc1. The van der Waals surface area contributed by atoms with Crippen LogP contribution in [0.4, 0.5) is 8.78 Å². The molecule has 0 N–H and O–H groups in total. The summed E-state index contributed by atoms with van der Waals surface area (Å²) in [6.07, 6.45) is 5.76. The van der Waals surface area contributed by atoms with E-state index >= 15 is 0 Å². The molecule has 0 bridgehead atoms. The van der Waals surface area contributed by atoms with Crippen LogP contribution in [-0.2, 0) is 12.8 Å². The van der Waals surface area contributed by atoms with Crippen molar-refractivity contribution in [3.05, 3.63) is 108 Å². The van der Waals surface area contributed by atoms with E-state index in [-0.39, 0.29) is 5.56 Å². The molecule has 156 valence electrons. The molecule has 0 unspecified atom stereocenters. The third-order valence-corrected chi connectivity index (χ3v) is 5.70. The Bertz CT molecular complexity index is 1200. The second kappa shape index (κ2) is 9.26. The number of hydrogen-bond acceptors (Lipinski definition) is 0. The predicted octanol–water partition coefficient (Wildman–Crippen LogP) is 8.52. The number of benzene rings is 4. The number of aryl methyl sites for hydroxylation is 2. The van der Waals surface area contributed by atoms with Gasteiger partial charge in [0.15, 0.2) is 0 Å². The quantitative estimate of drug-likeness (QED) is 0.267. The summed E-state index contributed by atoms with van der Waals surface area (Å²) in [6, 6.07) is 22.6. The third kappa shape index (κ3) is 4.59. The molecule has 4 rings (SSSR count). The van der Waals surface area contributed by atoms with Crippen molar-refractivity contribution in [1.29, 1.82) is 0 Å². The Morgan fingerprint density at radius 2 is 1.29 bits per heavy atom. The summed E-state index contributed by atoms with van der Waals surface area (Å²) in [5, 5.41) is 2.21. The molecular weight excluding hydrogens is 386 g/mol. The summed E-state index contributed by atoms with van der Waals surface area (Å²) in [5.41, 5.74) is 4.34. The van der Waals surface area contributed by atoms with Gasteiger partial charge in [-0.1, -0.05) is 74.0 Å². The van der Waals surface area contributed by atoms with Gasteiger partial charge in [-0.2, -0.15) is 0 Å². The van der Waals surface area contributed by atoms with Crippen LogP contribution in [-0.4, -0.2) is 0 Å². The lowest BCUT2D eigenvalue weighted by Crippen LogP contribution is -1.93. The lowest BCUT2D eigenvalue weighted by Gasteiger charge is -2.11. The molecule has 0 amide bonds. The highest BCUT2D eigenvalue weighted by Gasteiger charge is 2.14. The first-order valence-electron chi connectivity index (χ1n) is 10.8. The Labute approximate surface area is 182 Å². The molecule has 0 spiro atoms. The van der Waals surface area contributed by atoms with E-state index in [1.54, 1.807) is 12.1 Å². The summed E-state index contributed by atoms with van der Waals surface area (Å²) < 4.78 is 30.0. The van der Waals surface area contributed by atoms with Gasteiger partial charge in [0.05, 0.1) is 5.56 Å². The van der Waals surface area contributed by atoms with Crippen LogP contribution >= 0.6 is 0 Å². The molecule has 2 heteroatoms. The Balaban J connectivity index is 1.66. The molecule has 0 nitrogen and oxygen atoms in total. The molecule has 0 saturated heterocycles. The Hall–Kier alpha value is -3.26. The summed E-state index contributed by atoms with van der Waals surface area (Å²) in [7, 11) is 0. The summed E-state index contributed by atoms with van der Waals surface area (Å²) in [5.74, 6) is -1.10. The summed E-state index contributed by atoms with van der Waals surface area (Å²) in [4.78, 5) is 0. The molecule has 31 heavy (non-hydrogen) atoms. The number of fused-ring (bicyclic) bond motifs is 1. The number of rotatable bonds is 7. The van der Waals surface area contributed by atoms with Gasteiger partial charge in [-0.3, -0.25) is 0 Å². The molecule has 0 aliphatic rings. The molecule has 0 atom stereocenters. The Morgan fingerprint density at radius 1 is 0.677 bits per heavy atom. The van der Waals surface area contributed by atoms with Crippen LogP contribution in [0, 0.1) is 11.6 Å². The average Bonchev–Trinajstić information content (AvgIpc) is 2.78.